The number of benzene rings is 1. The van der Waals surface area contributed by atoms with Crippen LogP contribution in [0.25, 0.3) is 11.1 Å². The van der Waals surface area contributed by atoms with Crippen molar-refractivity contribution >= 4 is 0 Å². The summed E-state index contributed by atoms with van der Waals surface area (Å²) in [6.07, 6.45) is 2.12. The summed E-state index contributed by atoms with van der Waals surface area (Å²) in [5, 5.41) is 4.89. The predicted molar refractivity (Wildman–Crippen MR) is 86.1 cm³/mol. The maximum absolute atomic E-state index is 4.89. The van der Waals surface area contributed by atoms with Crippen molar-refractivity contribution in [1.29, 1.82) is 0 Å². The highest BCUT2D eigenvalue weighted by Crippen LogP contribution is 2.35. The Labute approximate surface area is 122 Å². The molecule has 1 heterocycles. The van der Waals surface area contributed by atoms with Gasteiger partial charge in [0, 0.05) is 17.3 Å². The zero-order valence-electron chi connectivity index (χ0n) is 13.4. The van der Waals surface area contributed by atoms with Gasteiger partial charge in [-0.2, -0.15) is 5.10 Å². The lowest BCUT2D eigenvalue weighted by Crippen LogP contribution is -2.10. The molecule has 0 saturated heterocycles. The molecule has 0 spiro atoms. The van der Waals surface area contributed by atoms with Crippen molar-refractivity contribution in [3.8, 4) is 11.1 Å². The molecule has 0 aliphatic carbocycles. The standard InChI is InChI=1S/C18H26N2/c1-6-14(5)18-17(15-11-9-8-10-12-15)16(7-2)19-20(18)13(3)4/h8-14H,6-7H2,1-5H3. The largest absolute Gasteiger partial charge is 0.266 e. The predicted octanol–water partition coefficient (Wildman–Crippen LogP) is 5.21. The van der Waals surface area contributed by atoms with Crippen molar-refractivity contribution in [2.75, 3.05) is 0 Å². The highest BCUT2D eigenvalue weighted by molar-refractivity contribution is 5.69. The molecule has 2 nitrogen and oxygen atoms in total. The van der Waals surface area contributed by atoms with E-state index >= 15 is 0 Å². The molecule has 2 aromatic rings. The van der Waals surface area contributed by atoms with Crippen molar-refractivity contribution in [2.24, 2.45) is 0 Å². The van der Waals surface area contributed by atoms with Gasteiger partial charge in [0.2, 0.25) is 0 Å². The Morgan fingerprint density at radius 3 is 2.20 bits per heavy atom. The van der Waals surface area contributed by atoms with Crippen LogP contribution >= 0.6 is 0 Å². The number of aryl methyl sites for hydroxylation is 1. The molecule has 0 amide bonds. The molecule has 0 radical (unpaired) electrons. The molecule has 0 saturated carbocycles. The van der Waals surface area contributed by atoms with Gasteiger partial charge in [-0.05, 0) is 38.2 Å². The minimum absolute atomic E-state index is 0.404. The summed E-state index contributed by atoms with van der Waals surface area (Å²) in [6.45, 7) is 11.2. The molecule has 0 N–H and O–H groups in total. The average molecular weight is 270 g/mol. The van der Waals surface area contributed by atoms with Crippen LogP contribution in [0.4, 0.5) is 0 Å². The minimum Gasteiger partial charge on any atom is -0.266 e. The van der Waals surface area contributed by atoms with Gasteiger partial charge >= 0.3 is 0 Å². The van der Waals surface area contributed by atoms with Crippen LogP contribution in [0.15, 0.2) is 30.3 Å². The Morgan fingerprint density at radius 1 is 1.05 bits per heavy atom. The van der Waals surface area contributed by atoms with Gasteiger partial charge in [-0.3, -0.25) is 4.68 Å². The lowest BCUT2D eigenvalue weighted by molar-refractivity contribution is 0.485. The third-order valence-electron chi connectivity index (χ3n) is 3.99. The van der Waals surface area contributed by atoms with Crippen LogP contribution in [0, 0.1) is 0 Å². The van der Waals surface area contributed by atoms with Crippen molar-refractivity contribution in [3.63, 3.8) is 0 Å². The van der Waals surface area contributed by atoms with Gasteiger partial charge in [-0.15, -0.1) is 0 Å². The SMILES string of the molecule is CCc1nn(C(C)C)c(C(C)CC)c1-c1ccccc1. The normalized spacial score (nSPS) is 12.9. The first-order chi connectivity index (χ1) is 9.60. The van der Waals surface area contributed by atoms with Gasteiger partial charge in [-0.1, -0.05) is 51.1 Å². The summed E-state index contributed by atoms with van der Waals surface area (Å²) in [4.78, 5) is 0. The van der Waals surface area contributed by atoms with E-state index in [9.17, 15) is 0 Å². The van der Waals surface area contributed by atoms with Gasteiger partial charge < -0.3 is 0 Å². The van der Waals surface area contributed by atoms with E-state index in [1.807, 2.05) is 0 Å². The topological polar surface area (TPSA) is 17.8 Å². The molecule has 20 heavy (non-hydrogen) atoms. The van der Waals surface area contributed by atoms with Crippen LogP contribution in [-0.4, -0.2) is 9.78 Å². The fourth-order valence-electron chi connectivity index (χ4n) is 2.72. The zero-order chi connectivity index (χ0) is 14.7. The van der Waals surface area contributed by atoms with Crippen LogP contribution in [0.3, 0.4) is 0 Å². The fraction of sp³-hybridized carbons (Fsp3) is 0.500. The van der Waals surface area contributed by atoms with Crippen LogP contribution in [0.1, 0.15) is 64.4 Å². The summed E-state index contributed by atoms with van der Waals surface area (Å²) in [7, 11) is 0. The first-order valence-electron chi connectivity index (χ1n) is 7.76. The number of hydrogen-bond donors (Lipinski definition) is 0. The molecule has 1 atom stereocenters. The van der Waals surface area contributed by atoms with E-state index in [1.54, 1.807) is 0 Å². The third kappa shape index (κ3) is 2.65. The molecule has 1 aromatic carbocycles. The molecule has 0 aliphatic heterocycles. The molecule has 0 bridgehead atoms. The minimum atomic E-state index is 0.404. The number of rotatable bonds is 5. The first kappa shape index (κ1) is 14.8. The first-order valence-corrected chi connectivity index (χ1v) is 7.76. The smallest absolute Gasteiger partial charge is 0.0703 e. The van der Waals surface area contributed by atoms with Gasteiger partial charge in [-0.25, -0.2) is 0 Å². The molecule has 2 rings (SSSR count). The third-order valence-corrected chi connectivity index (χ3v) is 3.99. The van der Waals surface area contributed by atoms with E-state index in [2.05, 4.69) is 69.6 Å². The van der Waals surface area contributed by atoms with Crippen LogP contribution in [-0.2, 0) is 6.42 Å². The summed E-state index contributed by atoms with van der Waals surface area (Å²) in [5.41, 5.74) is 5.27. The Kier molecular flexibility index (Phi) is 4.64. The maximum atomic E-state index is 4.89. The van der Waals surface area contributed by atoms with E-state index in [0.717, 1.165) is 12.8 Å². The second-order valence-corrected chi connectivity index (χ2v) is 5.77. The van der Waals surface area contributed by atoms with Gasteiger partial charge in [0.1, 0.15) is 0 Å². The van der Waals surface area contributed by atoms with Crippen molar-refractivity contribution in [3.05, 3.63) is 41.7 Å². The number of hydrogen-bond acceptors (Lipinski definition) is 1. The van der Waals surface area contributed by atoms with Crippen LogP contribution in [0.5, 0.6) is 0 Å². The highest BCUT2D eigenvalue weighted by atomic mass is 15.3. The highest BCUT2D eigenvalue weighted by Gasteiger charge is 2.22. The van der Waals surface area contributed by atoms with Gasteiger partial charge in [0.25, 0.3) is 0 Å². The van der Waals surface area contributed by atoms with Crippen molar-refractivity contribution < 1.29 is 0 Å². The lowest BCUT2D eigenvalue weighted by Gasteiger charge is -2.17. The molecular weight excluding hydrogens is 244 g/mol. The van der Waals surface area contributed by atoms with Crippen molar-refractivity contribution in [1.82, 2.24) is 9.78 Å². The van der Waals surface area contributed by atoms with E-state index < -0.39 is 0 Å². The molecule has 2 heteroatoms. The molecule has 1 unspecified atom stereocenters. The quantitative estimate of drug-likeness (QED) is 0.729. The lowest BCUT2D eigenvalue weighted by atomic mass is 9.94. The number of nitrogens with zero attached hydrogens (tertiary/aromatic N) is 2. The van der Waals surface area contributed by atoms with Crippen molar-refractivity contribution in [2.45, 2.75) is 59.4 Å². The van der Waals surface area contributed by atoms with E-state index in [4.69, 9.17) is 5.10 Å². The maximum Gasteiger partial charge on any atom is 0.0703 e. The fourth-order valence-corrected chi connectivity index (χ4v) is 2.72. The summed E-state index contributed by atoms with van der Waals surface area (Å²) < 4.78 is 2.23. The monoisotopic (exact) mass is 270 g/mol. The number of aromatic nitrogens is 2. The Morgan fingerprint density at radius 2 is 1.70 bits per heavy atom. The average Bonchev–Trinajstić information content (AvgIpc) is 2.87. The van der Waals surface area contributed by atoms with Crippen LogP contribution in [0.2, 0.25) is 0 Å². The molecular formula is C18H26N2. The second-order valence-electron chi connectivity index (χ2n) is 5.77. The van der Waals surface area contributed by atoms with Gasteiger partial charge in [0.05, 0.1) is 5.69 Å². The molecule has 108 valence electrons. The molecule has 0 fully saturated rings. The Hall–Kier alpha value is -1.57. The van der Waals surface area contributed by atoms with E-state index in [-0.39, 0.29) is 0 Å². The summed E-state index contributed by atoms with van der Waals surface area (Å²) in [6, 6.07) is 11.1. The zero-order valence-corrected chi connectivity index (χ0v) is 13.4. The van der Waals surface area contributed by atoms with E-state index in [0.29, 0.717) is 12.0 Å². The Balaban J connectivity index is 2.70. The molecule has 0 aliphatic rings. The van der Waals surface area contributed by atoms with E-state index in [1.165, 1.54) is 22.5 Å². The Bertz CT molecular complexity index is 552. The van der Waals surface area contributed by atoms with Crippen LogP contribution < -0.4 is 0 Å². The summed E-state index contributed by atoms with van der Waals surface area (Å²) in [5.74, 6) is 0.528. The van der Waals surface area contributed by atoms with Gasteiger partial charge in [0.15, 0.2) is 0 Å². The summed E-state index contributed by atoms with van der Waals surface area (Å²) >= 11 is 0. The second kappa shape index (κ2) is 6.25. The molecule has 1 aromatic heterocycles.